The van der Waals surface area contributed by atoms with E-state index in [0.717, 1.165) is 19.5 Å². The summed E-state index contributed by atoms with van der Waals surface area (Å²) in [4.78, 5) is 0. The van der Waals surface area contributed by atoms with Crippen molar-refractivity contribution in [2.24, 2.45) is 0 Å². The number of aromatic nitrogens is 2. The second kappa shape index (κ2) is 5.57. The van der Waals surface area contributed by atoms with Crippen LogP contribution in [-0.2, 0) is 6.54 Å². The first-order valence-electron chi connectivity index (χ1n) is 7.19. The summed E-state index contributed by atoms with van der Waals surface area (Å²) in [6.45, 7) is 4.27. The molecule has 1 aromatic carbocycles. The molecule has 2 aromatic rings. The number of rotatable bonds is 4. The Morgan fingerprint density at radius 3 is 2.89 bits per heavy atom. The van der Waals surface area contributed by atoms with Gasteiger partial charge in [-0.05, 0) is 24.9 Å². The van der Waals surface area contributed by atoms with Gasteiger partial charge in [-0.1, -0.05) is 37.3 Å². The van der Waals surface area contributed by atoms with E-state index >= 15 is 0 Å². The maximum absolute atomic E-state index is 4.46. The largest absolute Gasteiger partial charge is 0.309 e. The Morgan fingerprint density at radius 2 is 2.11 bits per heavy atom. The van der Waals surface area contributed by atoms with Crippen LogP contribution in [0.5, 0.6) is 0 Å². The van der Waals surface area contributed by atoms with Gasteiger partial charge in [-0.25, -0.2) is 0 Å². The third kappa shape index (κ3) is 2.56. The van der Waals surface area contributed by atoms with Crippen molar-refractivity contribution in [1.29, 1.82) is 0 Å². The third-order valence-electron chi connectivity index (χ3n) is 3.91. The summed E-state index contributed by atoms with van der Waals surface area (Å²) in [5.41, 5.74) is 2.75. The average Bonchev–Trinajstić information content (AvgIpc) is 3.08. The zero-order valence-electron chi connectivity index (χ0n) is 11.4. The molecule has 1 aliphatic rings. The fourth-order valence-corrected chi connectivity index (χ4v) is 3.00. The Bertz CT molecular complexity index is 518. The maximum atomic E-state index is 4.46. The molecule has 2 unspecified atom stereocenters. The Balaban J connectivity index is 1.82. The zero-order chi connectivity index (χ0) is 13.1. The van der Waals surface area contributed by atoms with Crippen LogP contribution < -0.4 is 5.32 Å². The molecule has 2 heterocycles. The van der Waals surface area contributed by atoms with Crippen molar-refractivity contribution in [2.45, 2.75) is 38.3 Å². The smallest absolute Gasteiger partial charge is 0.0537 e. The van der Waals surface area contributed by atoms with Crippen molar-refractivity contribution in [3.63, 3.8) is 0 Å². The standard InChI is InChI=1S/C16H21N3/c1-2-10-19-12-14(11-18-19)16-15(8-9-17-16)13-6-4-3-5-7-13/h3-7,11-12,15-17H,2,8-10H2,1H3. The summed E-state index contributed by atoms with van der Waals surface area (Å²) < 4.78 is 2.05. The van der Waals surface area contributed by atoms with Crippen molar-refractivity contribution in [2.75, 3.05) is 6.54 Å². The number of hydrogen-bond acceptors (Lipinski definition) is 2. The van der Waals surface area contributed by atoms with E-state index in [9.17, 15) is 0 Å². The summed E-state index contributed by atoms with van der Waals surface area (Å²) in [5.74, 6) is 0.570. The molecule has 100 valence electrons. The average molecular weight is 255 g/mol. The van der Waals surface area contributed by atoms with Gasteiger partial charge in [0, 0.05) is 30.3 Å². The summed E-state index contributed by atoms with van der Waals surface area (Å²) in [5, 5.41) is 8.08. The molecule has 2 atom stereocenters. The highest BCUT2D eigenvalue weighted by atomic mass is 15.3. The molecule has 1 saturated heterocycles. The molecule has 19 heavy (non-hydrogen) atoms. The number of hydrogen-bond donors (Lipinski definition) is 1. The lowest BCUT2D eigenvalue weighted by Gasteiger charge is -2.18. The predicted octanol–water partition coefficient (Wildman–Crippen LogP) is 3.11. The lowest BCUT2D eigenvalue weighted by Crippen LogP contribution is -2.16. The summed E-state index contributed by atoms with van der Waals surface area (Å²) >= 11 is 0. The van der Waals surface area contributed by atoms with Crippen LogP contribution in [0.25, 0.3) is 0 Å². The Morgan fingerprint density at radius 1 is 1.26 bits per heavy atom. The SMILES string of the molecule is CCCn1cc(C2NCCC2c2ccccc2)cn1. The molecular weight excluding hydrogens is 234 g/mol. The Kier molecular flexibility index (Phi) is 3.65. The lowest BCUT2D eigenvalue weighted by molar-refractivity contribution is 0.571. The van der Waals surface area contributed by atoms with Gasteiger partial charge in [-0.3, -0.25) is 4.68 Å². The number of aryl methyl sites for hydroxylation is 1. The Hall–Kier alpha value is -1.61. The first-order valence-corrected chi connectivity index (χ1v) is 7.19. The second-order valence-electron chi connectivity index (χ2n) is 5.27. The number of benzene rings is 1. The molecule has 3 rings (SSSR count). The van der Waals surface area contributed by atoms with Crippen molar-refractivity contribution in [3.8, 4) is 0 Å². The fourth-order valence-electron chi connectivity index (χ4n) is 3.00. The molecule has 1 N–H and O–H groups in total. The van der Waals surface area contributed by atoms with Gasteiger partial charge in [0.15, 0.2) is 0 Å². The van der Waals surface area contributed by atoms with Crippen molar-refractivity contribution in [3.05, 3.63) is 53.9 Å². The second-order valence-corrected chi connectivity index (χ2v) is 5.27. The molecule has 0 aliphatic carbocycles. The minimum Gasteiger partial charge on any atom is -0.309 e. The molecular formula is C16H21N3. The quantitative estimate of drug-likeness (QED) is 0.909. The normalized spacial score (nSPS) is 22.8. The van der Waals surface area contributed by atoms with Gasteiger partial charge in [0.25, 0.3) is 0 Å². The Labute approximate surface area is 114 Å². The van der Waals surface area contributed by atoms with Crippen molar-refractivity contribution >= 4 is 0 Å². The summed E-state index contributed by atoms with van der Waals surface area (Å²) in [7, 11) is 0. The van der Waals surface area contributed by atoms with Gasteiger partial charge in [-0.2, -0.15) is 5.10 Å². The van der Waals surface area contributed by atoms with Gasteiger partial charge < -0.3 is 5.32 Å². The van der Waals surface area contributed by atoms with Crippen LogP contribution in [0.3, 0.4) is 0 Å². The van der Waals surface area contributed by atoms with Gasteiger partial charge in [-0.15, -0.1) is 0 Å². The van der Waals surface area contributed by atoms with E-state index in [1.165, 1.54) is 17.5 Å². The minimum absolute atomic E-state index is 0.410. The van der Waals surface area contributed by atoms with Crippen molar-refractivity contribution in [1.82, 2.24) is 15.1 Å². The highest BCUT2D eigenvalue weighted by Gasteiger charge is 2.30. The van der Waals surface area contributed by atoms with E-state index in [4.69, 9.17) is 0 Å². The predicted molar refractivity (Wildman–Crippen MR) is 77.1 cm³/mol. The molecule has 1 fully saturated rings. The molecule has 0 amide bonds. The van der Waals surface area contributed by atoms with E-state index in [0.29, 0.717) is 12.0 Å². The van der Waals surface area contributed by atoms with Crippen LogP contribution in [0.2, 0.25) is 0 Å². The molecule has 3 heteroatoms. The van der Waals surface area contributed by atoms with Crippen LogP contribution in [0.15, 0.2) is 42.7 Å². The van der Waals surface area contributed by atoms with E-state index in [2.05, 4.69) is 58.5 Å². The van der Waals surface area contributed by atoms with Gasteiger partial charge >= 0.3 is 0 Å². The summed E-state index contributed by atoms with van der Waals surface area (Å²) in [6.07, 6.45) is 6.55. The lowest BCUT2D eigenvalue weighted by atomic mass is 9.89. The van der Waals surface area contributed by atoms with Gasteiger partial charge in [0.1, 0.15) is 0 Å². The molecule has 1 aromatic heterocycles. The van der Waals surface area contributed by atoms with Crippen LogP contribution >= 0.6 is 0 Å². The minimum atomic E-state index is 0.410. The van der Waals surface area contributed by atoms with Gasteiger partial charge in [0.05, 0.1) is 6.20 Å². The third-order valence-corrected chi connectivity index (χ3v) is 3.91. The highest BCUT2D eigenvalue weighted by Crippen LogP contribution is 2.37. The van der Waals surface area contributed by atoms with Crippen LogP contribution in [0, 0.1) is 0 Å². The van der Waals surface area contributed by atoms with Crippen LogP contribution in [0.1, 0.15) is 42.9 Å². The molecule has 3 nitrogen and oxygen atoms in total. The molecule has 0 bridgehead atoms. The van der Waals surface area contributed by atoms with E-state index in [1.807, 2.05) is 6.20 Å². The molecule has 1 aliphatic heterocycles. The highest BCUT2D eigenvalue weighted by molar-refractivity contribution is 5.27. The van der Waals surface area contributed by atoms with E-state index < -0.39 is 0 Å². The van der Waals surface area contributed by atoms with Crippen LogP contribution in [-0.4, -0.2) is 16.3 Å². The number of nitrogens with one attached hydrogen (secondary N) is 1. The topological polar surface area (TPSA) is 29.9 Å². The monoisotopic (exact) mass is 255 g/mol. The molecule has 0 saturated carbocycles. The summed E-state index contributed by atoms with van der Waals surface area (Å²) in [6, 6.07) is 11.2. The van der Waals surface area contributed by atoms with Crippen molar-refractivity contribution < 1.29 is 0 Å². The van der Waals surface area contributed by atoms with Crippen LogP contribution in [0.4, 0.5) is 0 Å². The molecule has 0 spiro atoms. The van der Waals surface area contributed by atoms with E-state index in [-0.39, 0.29) is 0 Å². The van der Waals surface area contributed by atoms with Gasteiger partial charge in [0.2, 0.25) is 0 Å². The first kappa shape index (κ1) is 12.4. The fraction of sp³-hybridized carbons (Fsp3) is 0.438. The molecule has 0 radical (unpaired) electrons. The first-order chi connectivity index (χ1) is 9.38. The zero-order valence-corrected chi connectivity index (χ0v) is 11.4. The number of nitrogens with zero attached hydrogens (tertiary/aromatic N) is 2. The van der Waals surface area contributed by atoms with E-state index in [1.54, 1.807) is 0 Å². The maximum Gasteiger partial charge on any atom is 0.0537 e.